The Kier molecular flexibility index (Phi) is 9.90. The van der Waals surface area contributed by atoms with Crippen LogP contribution in [0.2, 0.25) is 18.6 Å². The largest absolute Gasteiger partial charge is 0.432 e. The molecular weight excluding hydrogens is 546 g/mol. The minimum Gasteiger partial charge on any atom is -0.432 e. The molecule has 3 aromatic rings. The SMILES string of the molecule is C[C@H]1[C@H]([Si](C)(C)O)[C@@H](CCn2cc(C(CO)c3ccccc3)nn2)O[C@H]1CCc1cccc(NC(=O)[C@H]2CCCN2)c1. The number of aromatic nitrogens is 3. The van der Waals surface area contributed by atoms with Gasteiger partial charge in [-0.15, -0.1) is 5.10 Å². The summed E-state index contributed by atoms with van der Waals surface area (Å²) in [6, 6.07) is 17.8. The first kappa shape index (κ1) is 30.6. The van der Waals surface area contributed by atoms with E-state index in [-0.39, 0.29) is 48.1 Å². The number of hydrogen-bond donors (Lipinski definition) is 4. The fourth-order valence-electron chi connectivity index (χ4n) is 6.83. The van der Waals surface area contributed by atoms with E-state index >= 15 is 0 Å². The minimum atomic E-state index is -2.50. The predicted molar refractivity (Wildman–Crippen MR) is 166 cm³/mol. The molecule has 42 heavy (non-hydrogen) atoms. The molecule has 0 bridgehead atoms. The lowest BCUT2D eigenvalue weighted by Crippen LogP contribution is -2.40. The normalized spacial score (nSPS) is 25.0. The van der Waals surface area contributed by atoms with E-state index in [0.29, 0.717) is 6.54 Å². The van der Waals surface area contributed by atoms with Crippen LogP contribution in [0.5, 0.6) is 0 Å². The lowest BCUT2D eigenvalue weighted by atomic mass is 9.95. The van der Waals surface area contributed by atoms with Crippen LogP contribution in [0, 0.1) is 5.92 Å². The van der Waals surface area contributed by atoms with E-state index in [0.717, 1.165) is 61.2 Å². The zero-order chi connectivity index (χ0) is 29.7. The number of aryl methyl sites for hydroxylation is 2. The molecule has 0 spiro atoms. The van der Waals surface area contributed by atoms with Crippen LogP contribution in [0.3, 0.4) is 0 Å². The van der Waals surface area contributed by atoms with Gasteiger partial charge >= 0.3 is 0 Å². The second-order valence-corrected chi connectivity index (χ2v) is 16.4. The van der Waals surface area contributed by atoms with Crippen molar-refractivity contribution in [2.75, 3.05) is 18.5 Å². The van der Waals surface area contributed by atoms with Crippen LogP contribution in [-0.2, 0) is 22.5 Å². The zero-order valence-corrected chi connectivity index (χ0v) is 25.9. The second kappa shape index (κ2) is 13.6. The van der Waals surface area contributed by atoms with Crippen molar-refractivity contribution in [3.8, 4) is 0 Å². The smallest absolute Gasteiger partial charge is 0.241 e. The van der Waals surface area contributed by atoms with E-state index in [1.54, 1.807) is 0 Å². The van der Waals surface area contributed by atoms with Crippen molar-refractivity contribution < 1.29 is 19.4 Å². The maximum absolute atomic E-state index is 12.5. The number of aliphatic hydroxyl groups excluding tert-OH is 1. The summed E-state index contributed by atoms with van der Waals surface area (Å²) in [4.78, 5) is 23.8. The lowest BCUT2D eigenvalue weighted by Gasteiger charge is -2.30. The summed E-state index contributed by atoms with van der Waals surface area (Å²) in [7, 11) is -2.50. The van der Waals surface area contributed by atoms with Gasteiger partial charge in [-0.3, -0.25) is 9.48 Å². The van der Waals surface area contributed by atoms with Crippen molar-refractivity contribution >= 4 is 19.9 Å². The van der Waals surface area contributed by atoms with Crippen molar-refractivity contribution in [1.29, 1.82) is 0 Å². The lowest BCUT2D eigenvalue weighted by molar-refractivity contribution is -0.117. The number of ether oxygens (including phenoxy) is 1. The second-order valence-electron chi connectivity index (χ2n) is 12.5. The maximum Gasteiger partial charge on any atom is 0.241 e. The van der Waals surface area contributed by atoms with E-state index in [9.17, 15) is 14.7 Å². The van der Waals surface area contributed by atoms with Gasteiger partial charge in [-0.1, -0.05) is 54.6 Å². The Bertz CT molecular complexity index is 1310. The molecule has 1 amide bonds. The van der Waals surface area contributed by atoms with Crippen LogP contribution in [-0.4, -0.2) is 70.5 Å². The van der Waals surface area contributed by atoms with Crippen molar-refractivity contribution in [2.45, 2.75) is 88.4 Å². The molecule has 1 unspecified atom stereocenters. The van der Waals surface area contributed by atoms with Gasteiger partial charge in [-0.05, 0) is 80.9 Å². The minimum absolute atomic E-state index is 0.0321. The molecule has 9 nitrogen and oxygen atoms in total. The number of nitrogens with zero attached hydrogens (tertiary/aromatic N) is 3. The average Bonchev–Trinajstić information content (AvgIpc) is 3.73. The Morgan fingerprint density at radius 3 is 2.69 bits per heavy atom. The Labute approximate surface area is 249 Å². The molecule has 226 valence electrons. The fourth-order valence-corrected chi connectivity index (χ4v) is 9.48. The summed E-state index contributed by atoms with van der Waals surface area (Å²) < 4.78 is 8.48. The molecule has 2 aliphatic heterocycles. The first-order chi connectivity index (χ1) is 20.2. The number of aliphatic hydroxyl groups is 1. The van der Waals surface area contributed by atoms with E-state index in [1.165, 1.54) is 0 Å². The Balaban J connectivity index is 1.19. The number of carbonyl (C=O) groups is 1. The van der Waals surface area contributed by atoms with Gasteiger partial charge in [0.15, 0.2) is 8.32 Å². The highest BCUT2D eigenvalue weighted by atomic mass is 28.4. The summed E-state index contributed by atoms with van der Waals surface area (Å²) >= 11 is 0. The molecule has 2 aromatic carbocycles. The molecule has 5 rings (SSSR count). The van der Waals surface area contributed by atoms with Gasteiger partial charge in [0.25, 0.3) is 0 Å². The standard InChI is InChI=1S/C32H45N5O4Si/c1-22-29(15-14-23-9-7-12-25(19-23)34-32(39)27-13-8-17-33-27)41-30(31(22)42(2,3)40)16-18-37-20-28(35-36-37)26(21-38)24-10-5-4-6-11-24/h4-7,9-12,19-20,22,26-27,29-31,33,38,40H,8,13-18,21H2,1-3H3,(H,34,39)/t22-,26?,27-,29+,30-,31+/m1/s1. The van der Waals surface area contributed by atoms with Gasteiger partial charge in [0.05, 0.1) is 36.5 Å². The molecule has 0 aliphatic carbocycles. The number of anilines is 1. The molecule has 2 saturated heterocycles. The number of hydrogen-bond acceptors (Lipinski definition) is 7. The molecule has 6 atom stereocenters. The Morgan fingerprint density at radius 2 is 1.98 bits per heavy atom. The molecule has 0 saturated carbocycles. The van der Waals surface area contributed by atoms with Gasteiger partial charge in [-0.25, -0.2) is 0 Å². The van der Waals surface area contributed by atoms with Gasteiger partial charge < -0.3 is 25.3 Å². The summed E-state index contributed by atoms with van der Waals surface area (Å²) in [6.07, 6.45) is 6.23. The first-order valence-corrected chi connectivity index (χ1v) is 18.3. The number of benzene rings is 2. The van der Waals surface area contributed by atoms with Crippen LogP contribution < -0.4 is 10.6 Å². The van der Waals surface area contributed by atoms with Crippen molar-refractivity contribution in [2.24, 2.45) is 5.92 Å². The average molecular weight is 592 g/mol. The molecular formula is C32H45N5O4Si. The third-order valence-corrected chi connectivity index (χ3v) is 11.5. The summed E-state index contributed by atoms with van der Waals surface area (Å²) in [5.74, 6) is 0.0561. The van der Waals surface area contributed by atoms with Crippen LogP contribution in [0.4, 0.5) is 5.69 Å². The Hall–Kier alpha value is -2.89. The van der Waals surface area contributed by atoms with Gasteiger partial charge in [0.2, 0.25) is 5.91 Å². The summed E-state index contributed by atoms with van der Waals surface area (Å²) in [6.45, 7) is 7.72. The van der Waals surface area contributed by atoms with Crippen LogP contribution in [0.25, 0.3) is 0 Å². The summed E-state index contributed by atoms with van der Waals surface area (Å²) in [5.41, 5.74) is 3.86. The molecule has 0 radical (unpaired) electrons. The quantitative estimate of drug-likeness (QED) is 0.234. The van der Waals surface area contributed by atoms with Gasteiger partial charge in [-0.2, -0.15) is 0 Å². The molecule has 2 aliphatic rings. The van der Waals surface area contributed by atoms with E-state index in [2.05, 4.69) is 40.0 Å². The van der Waals surface area contributed by atoms with Crippen molar-refractivity contribution in [1.82, 2.24) is 20.3 Å². The number of amides is 1. The fraction of sp³-hybridized carbons (Fsp3) is 0.531. The van der Waals surface area contributed by atoms with E-state index in [4.69, 9.17) is 4.74 Å². The molecule has 1 aromatic heterocycles. The zero-order valence-electron chi connectivity index (χ0n) is 24.9. The highest BCUT2D eigenvalue weighted by Gasteiger charge is 2.49. The monoisotopic (exact) mass is 591 g/mol. The van der Waals surface area contributed by atoms with E-state index < -0.39 is 8.32 Å². The van der Waals surface area contributed by atoms with Crippen molar-refractivity contribution in [3.05, 3.63) is 77.6 Å². The van der Waals surface area contributed by atoms with Crippen LogP contribution in [0.15, 0.2) is 60.8 Å². The summed E-state index contributed by atoms with van der Waals surface area (Å²) in [5, 5.41) is 25.0. The topological polar surface area (TPSA) is 122 Å². The molecule has 2 fully saturated rings. The van der Waals surface area contributed by atoms with Gasteiger partial charge in [0.1, 0.15) is 0 Å². The van der Waals surface area contributed by atoms with Gasteiger partial charge in [0, 0.05) is 24.0 Å². The third-order valence-electron chi connectivity index (χ3n) is 8.95. The third kappa shape index (κ3) is 7.35. The molecule has 3 heterocycles. The molecule has 10 heteroatoms. The maximum atomic E-state index is 12.5. The molecule has 4 N–H and O–H groups in total. The highest BCUT2D eigenvalue weighted by molar-refractivity contribution is 6.71. The van der Waals surface area contributed by atoms with Crippen LogP contribution in [0.1, 0.15) is 55.3 Å². The number of rotatable bonds is 12. The highest BCUT2D eigenvalue weighted by Crippen LogP contribution is 2.45. The Morgan fingerprint density at radius 1 is 1.17 bits per heavy atom. The van der Waals surface area contributed by atoms with E-state index in [1.807, 2.05) is 66.4 Å². The van der Waals surface area contributed by atoms with Crippen LogP contribution >= 0.6 is 0 Å². The predicted octanol–water partition coefficient (Wildman–Crippen LogP) is 4.09. The van der Waals surface area contributed by atoms with Crippen molar-refractivity contribution in [3.63, 3.8) is 0 Å². The number of carbonyl (C=O) groups excluding carboxylic acids is 1. The number of nitrogens with one attached hydrogen (secondary N) is 2. The first-order valence-electron chi connectivity index (χ1n) is 15.3.